The highest BCUT2D eigenvalue weighted by Gasteiger charge is 2.05. The smallest absolute Gasteiger partial charge is 0.337 e. The summed E-state index contributed by atoms with van der Waals surface area (Å²) in [4.78, 5) is 14.4. The van der Waals surface area contributed by atoms with Gasteiger partial charge < -0.3 is 15.9 Å². The van der Waals surface area contributed by atoms with E-state index in [1.54, 1.807) is 12.2 Å². The van der Waals surface area contributed by atoms with Gasteiger partial charge in [0.05, 0.1) is 5.56 Å². The van der Waals surface area contributed by atoms with Gasteiger partial charge in [0.2, 0.25) is 0 Å². The second-order valence-electron chi connectivity index (χ2n) is 2.92. The number of hydrogen-bond acceptors (Lipinski definition) is 4. The molecule has 0 unspecified atom stereocenters. The van der Waals surface area contributed by atoms with E-state index in [0.29, 0.717) is 12.0 Å². The summed E-state index contributed by atoms with van der Waals surface area (Å²) < 4.78 is 0. The van der Waals surface area contributed by atoms with Crippen molar-refractivity contribution < 1.29 is 15.0 Å². The van der Waals surface area contributed by atoms with Gasteiger partial charge in [0, 0.05) is 18.4 Å². The molecule has 0 bridgehead atoms. The maximum atomic E-state index is 10.6. The third-order valence-electron chi connectivity index (χ3n) is 1.79. The number of nitrogen functional groups attached to an aromatic ring is 1. The number of rotatable bonds is 4. The fourth-order valence-corrected chi connectivity index (χ4v) is 1.03. The van der Waals surface area contributed by atoms with E-state index in [1.807, 2.05) is 0 Å². The molecule has 0 aliphatic carbocycles. The highest BCUT2D eigenvalue weighted by atomic mass is 16.4. The van der Waals surface area contributed by atoms with E-state index >= 15 is 0 Å². The van der Waals surface area contributed by atoms with Gasteiger partial charge in [-0.2, -0.15) is 0 Å². The van der Waals surface area contributed by atoms with Crippen molar-refractivity contribution in [1.29, 1.82) is 0 Å². The molecule has 0 aliphatic heterocycles. The zero-order valence-electron chi connectivity index (χ0n) is 8.05. The van der Waals surface area contributed by atoms with Crippen LogP contribution in [-0.4, -0.2) is 27.8 Å². The quantitative estimate of drug-likeness (QED) is 0.678. The molecule has 0 saturated heterocycles. The Morgan fingerprint density at radius 3 is 2.93 bits per heavy atom. The van der Waals surface area contributed by atoms with Crippen LogP contribution in [0.15, 0.2) is 18.3 Å². The molecule has 5 heteroatoms. The Balaban J connectivity index is 2.95. The van der Waals surface area contributed by atoms with Crippen molar-refractivity contribution in [3.63, 3.8) is 0 Å². The Morgan fingerprint density at radius 2 is 2.33 bits per heavy atom. The average molecular weight is 208 g/mol. The van der Waals surface area contributed by atoms with E-state index in [4.69, 9.17) is 15.9 Å². The predicted octanol–water partition coefficient (Wildman–Crippen LogP) is 0.758. The van der Waals surface area contributed by atoms with Crippen molar-refractivity contribution >= 4 is 17.9 Å². The van der Waals surface area contributed by atoms with Gasteiger partial charge in [-0.1, -0.05) is 12.2 Å². The molecule has 4 N–H and O–H groups in total. The molecule has 1 heterocycles. The van der Waals surface area contributed by atoms with E-state index in [1.165, 1.54) is 12.3 Å². The van der Waals surface area contributed by atoms with Gasteiger partial charge in [-0.25, -0.2) is 9.78 Å². The Morgan fingerprint density at radius 1 is 1.60 bits per heavy atom. The minimum Gasteiger partial charge on any atom is -0.478 e. The largest absolute Gasteiger partial charge is 0.478 e. The fraction of sp³-hybridized carbons (Fsp3) is 0.200. The van der Waals surface area contributed by atoms with Crippen LogP contribution in [0, 0.1) is 0 Å². The summed E-state index contributed by atoms with van der Waals surface area (Å²) in [6.45, 7) is 0.0441. The van der Waals surface area contributed by atoms with E-state index in [2.05, 4.69) is 4.98 Å². The van der Waals surface area contributed by atoms with Crippen LogP contribution in [0.5, 0.6) is 0 Å². The first kappa shape index (κ1) is 11.2. The lowest BCUT2D eigenvalue weighted by Crippen LogP contribution is -2.01. The molecule has 5 nitrogen and oxygen atoms in total. The molecular formula is C10H12N2O3. The topological polar surface area (TPSA) is 96.4 Å². The van der Waals surface area contributed by atoms with Gasteiger partial charge in [-0.3, -0.25) is 0 Å². The van der Waals surface area contributed by atoms with Crippen LogP contribution in [0.25, 0.3) is 6.08 Å². The van der Waals surface area contributed by atoms with Crippen LogP contribution >= 0.6 is 0 Å². The van der Waals surface area contributed by atoms with Crippen molar-refractivity contribution in [3.8, 4) is 0 Å². The van der Waals surface area contributed by atoms with Crippen molar-refractivity contribution in [2.75, 3.05) is 12.3 Å². The number of nitrogens with zero attached hydrogens (tertiary/aromatic N) is 1. The molecular weight excluding hydrogens is 196 g/mol. The van der Waals surface area contributed by atoms with Crippen LogP contribution in [-0.2, 0) is 0 Å². The van der Waals surface area contributed by atoms with Crippen LogP contribution in [0.3, 0.4) is 0 Å². The van der Waals surface area contributed by atoms with Crippen LogP contribution in [0.2, 0.25) is 0 Å². The van der Waals surface area contributed by atoms with Crippen molar-refractivity contribution in [2.24, 2.45) is 0 Å². The number of carbonyl (C=O) groups is 1. The summed E-state index contributed by atoms with van der Waals surface area (Å²) in [5, 5.41) is 17.3. The summed E-state index contributed by atoms with van der Waals surface area (Å²) in [6.07, 6.45) is 5.06. The number of anilines is 1. The number of carboxylic acid groups (broad SMARTS) is 1. The summed E-state index contributed by atoms with van der Waals surface area (Å²) in [7, 11) is 0. The van der Waals surface area contributed by atoms with E-state index in [-0.39, 0.29) is 18.0 Å². The maximum absolute atomic E-state index is 10.6. The summed E-state index contributed by atoms with van der Waals surface area (Å²) in [6, 6.07) is 1.44. The maximum Gasteiger partial charge on any atom is 0.337 e. The van der Waals surface area contributed by atoms with E-state index in [0.717, 1.165) is 0 Å². The van der Waals surface area contributed by atoms with Crippen molar-refractivity contribution in [3.05, 3.63) is 29.5 Å². The second-order valence-corrected chi connectivity index (χ2v) is 2.92. The molecule has 80 valence electrons. The van der Waals surface area contributed by atoms with Crippen molar-refractivity contribution in [1.82, 2.24) is 4.98 Å². The third kappa shape index (κ3) is 3.07. The third-order valence-corrected chi connectivity index (χ3v) is 1.79. The second kappa shape index (κ2) is 5.11. The number of nitrogens with two attached hydrogens (primary N) is 1. The Labute approximate surface area is 86.9 Å². The number of hydrogen-bond donors (Lipinski definition) is 3. The van der Waals surface area contributed by atoms with Crippen LogP contribution < -0.4 is 5.73 Å². The first-order valence-electron chi connectivity index (χ1n) is 4.41. The SMILES string of the molecule is Nc1ncc(C(=O)O)cc1C=CCCO. The van der Waals surface area contributed by atoms with Gasteiger partial charge in [0.1, 0.15) is 5.82 Å². The average Bonchev–Trinajstić information content (AvgIpc) is 2.20. The lowest BCUT2D eigenvalue weighted by atomic mass is 10.1. The molecule has 15 heavy (non-hydrogen) atoms. The molecule has 0 amide bonds. The zero-order chi connectivity index (χ0) is 11.3. The Kier molecular flexibility index (Phi) is 3.82. The van der Waals surface area contributed by atoms with Gasteiger partial charge >= 0.3 is 5.97 Å². The summed E-state index contributed by atoms with van der Waals surface area (Å²) in [5.41, 5.74) is 6.19. The normalized spacial score (nSPS) is 10.7. The number of aliphatic hydroxyl groups excluding tert-OH is 1. The number of aromatic nitrogens is 1. The lowest BCUT2D eigenvalue weighted by molar-refractivity contribution is 0.0696. The Hall–Kier alpha value is -1.88. The highest BCUT2D eigenvalue weighted by Crippen LogP contribution is 2.13. The first-order chi connectivity index (χ1) is 7.15. The van der Waals surface area contributed by atoms with Gasteiger partial charge in [-0.05, 0) is 12.5 Å². The molecule has 1 aromatic heterocycles. The first-order valence-corrected chi connectivity index (χ1v) is 4.41. The fourth-order valence-electron chi connectivity index (χ4n) is 1.03. The number of pyridine rings is 1. The van der Waals surface area contributed by atoms with Gasteiger partial charge in [-0.15, -0.1) is 0 Å². The molecule has 0 aromatic carbocycles. The number of carboxylic acids is 1. The van der Waals surface area contributed by atoms with E-state index in [9.17, 15) is 4.79 Å². The lowest BCUT2D eigenvalue weighted by Gasteiger charge is -2.00. The minimum atomic E-state index is -1.04. The minimum absolute atomic E-state index is 0.0441. The van der Waals surface area contributed by atoms with E-state index < -0.39 is 5.97 Å². The molecule has 0 atom stereocenters. The summed E-state index contributed by atoms with van der Waals surface area (Å²) in [5.74, 6) is -0.770. The molecule has 0 aliphatic rings. The summed E-state index contributed by atoms with van der Waals surface area (Å²) >= 11 is 0. The standard InChI is InChI=1S/C10H12N2O3/c11-9-7(3-1-2-4-13)5-8(6-12-9)10(14)15/h1,3,5-6,13H,2,4H2,(H2,11,12)(H,14,15). The molecule has 0 saturated carbocycles. The Bertz CT molecular complexity index is 388. The zero-order valence-corrected chi connectivity index (χ0v) is 8.05. The monoisotopic (exact) mass is 208 g/mol. The number of aromatic carboxylic acids is 1. The predicted molar refractivity (Wildman–Crippen MR) is 56.3 cm³/mol. The highest BCUT2D eigenvalue weighted by molar-refractivity contribution is 5.88. The molecule has 1 rings (SSSR count). The molecule has 1 aromatic rings. The number of aliphatic hydroxyl groups is 1. The van der Waals surface area contributed by atoms with Crippen LogP contribution in [0.4, 0.5) is 5.82 Å². The van der Waals surface area contributed by atoms with Crippen molar-refractivity contribution in [2.45, 2.75) is 6.42 Å². The molecule has 0 fully saturated rings. The van der Waals surface area contributed by atoms with Gasteiger partial charge in [0.15, 0.2) is 0 Å². The van der Waals surface area contributed by atoms with Crippen LogP contribution in [0.1, 0.15) is 22.3 Å². The molecule has 0 radical (unpaired) electrons. The molecule has 0 spiro atoms. The van der Waals surface area contributed by atoms with Gasteiger partial charge in [0.25, 0.3) is 0 Å².